The van der Waals surface area contributed by atoms with Gasteiger partial charge in [0, 0.05) is 38.3 Å². The molecule has 10 heteroatoms. The Hall–Kier alpha value is -2.98. The number of carboxylic acid groups (broad SMARTS) is 2. The highest BCUT2D eigenvalue weighted by Crippen LogP contribution is 2.26. The lowest BCUT2D eigenvalue weighted by Crippen LogP contribution is -2.48. The number of carbonyl (C=O) groups is 3. The van der Waals surface area contributed by atoms with Gasteiger partial charge < -0.3 is 19.8 Å². The van der Waals surface area contributed by atoms with Gasteiger partial charge in [0.1, 0.15) is 11.6 Å². The largest absolute Gasteiger partial charge is 0.496 e. The van der Waals surface area contributed by atoms with Gasteiger partial charge in [-0.1, -0.05) is 12.1 Å². The Labute approximate surface area is 187 Å². The smallest absolute Gasteiger partial charge is 0.414 e. The van der Waals surface area contributed by atoms with E-state index in [0.29, 0.717) is 18.7 Å². The second-order valence-corrected chi connectivity index (χ2v) is 7.51. The molecule has 0 aromatic heterocycles. The zero-order chi connectivity index (χ0) is 23.0. The topological polar surface area (TPSA) is 107 Å². The van der Waals surface area contributed by atoms with E-state index in [9.17, 15) is 9.18 Å². The van der Waals surface area contributed by atoms with Gasteiger partial charge in [-0.3, -0.25) is 9.69 Å². The average Bonchev–Trinajstić information content (AvgIpc) is 2.74. The summed E-state index contributed by atoms with van der Waals surface area (Å²) >= 11 is 3.51. The van der Waals surface area contributed by atoms with Crippen molar-refractivity contribution in [2.45, 2.75) is 6.54 Å². The van der Waals surface area contributed by atoms with Crippen molar-refractivity contribution in [1.82, 2.24) is 9.80 Å². The van der Waals surface area contributed by atoms with Crippen LogP contribution in [0.2, 0.25) is 0 Å². The van der Waals surface area contributed by atoms with Crippen LogP contribution >= 0.6 is 15.9 Å². The fourth-order valence-electron chi connectivity index (χ4n) is 2.98. The molecule has 8 nitrogen and oxygen atoms in total. The molecule has 166 valence electrons. The maximum absolute atomic E-state index is 13.3. The number of methoxy groups -OCH3 is 1. The van der Waals surface area contributed by atoms with Gasteiger partial charge in [-0.25, -0.2) is 14.0 Å². The van der Waals surface area contributed by atoms with Gasteiger partial charge in [0.25, 0.3) is 5.91 Å². The lowest BCUT2D eigenvalue weighted by Gasteiger charge is -2.34. The molecular formula is C21H22BrFN2O6. The van der Waals surface area contributed by atoms with Crippen molar-refractivity contribution in [2.24, 2.45) is 0 Å². The van der Waals surface area contributed by atoms with E-state index in [2.05, 4.69) is 26.9 Å². The third-order valence-electron chi connectivity index (χ3n) is 4.54. The van der Waals surface area contributed by atoms with E-state index in [1.807, 2.05) is 12.1 Å². The van der Waals surface area contributed by atoms with Crippen LogP contribution in [0.15, 0.2) is 46.9 Å². The lowest BCUT2D eigenvalue weighted by atomic mass is 10.1. The molecule has 2 aromatic carbocycles. The Bertz CT molecular complexity index is 935. The van der Waals surface area contributed by atoms with Crippen LogP contribution in [0.3, 0.4) is 0 Å². The molecule has 2 aromatic rings. The second kappa shape index (κ2) is 11.4. The number of ether oxygens (including phenoxy) is 1. The third kappa shape index (κ3) is 7.34. The first kappa shape index (κ1) is 24.3. The molecule has 3 rings (SSSR count). The highest BCUT2D eigenvalue weighted by atomic mass is 79.9. The van der Waals surface area contributed by atoms with Crippen LogP contribution in [-0.2, 0) is 16.1 Å². The van der Waals surface area contributed by atoms with Crippen LogP contribution in [0.4, 0.5) is 4.39 Å². The molecule has 0 unspecified atom stereocenters. The Morgan fingerprint density at radius 2 is 1.68 bits per heavy atom. The van der Waals surface area contributed by atoms with E-state index in [1.54, 1.807) is 24.1 Å². The number of hydrogen-bond donors (Lipinski definition) is 2. The SMILES string of the molecule is COc1ccc(CN2CCN(C(=O)c3cccc(F)c3)CC2)cc1Br.O=C(O)C(=O)O. The summed E-state index contributed by atoms with van der Waals surface area (Å²) in [6.45, 7) is 3.71. The Kier molecular flexibility index (Phi) is 8.95. The van der Waals surface area contributed by atoms with E-state index in [0.717, 1.165) is 29.9 Å². The minimum Gasteiger partial charge on any atom is -0.496 e. The normalized spacial score (nSPS) is 13.7. The number of nitrogens with zero attached hydrogens (tertiary/aromatic N) is 2. The number of hydrogen-bond acceptors (Lipinski definition) is 5. The second-order valence-electron chi connectivity index (χ2n) is 6.66. The molecule has 1 aliphatic rings. The maximum Gasteiger partial charge on any atom is 0.414 e. The maximum atomic E-state index is 13.3. The van der Waals surface area contributed by atoms with Gasteiger partial charge in [-0.15, -0.1) is 0 Å². The van der Waals surface area contributed by atoms with Crippen molar-refractivity contribution in [1.29, 1.82) is 0 Å². The molecule has 1 heterocycles. The van der Waals surface area contributed by atoms with Crippen molar-refractivity contribution >= 4 is 33.8 Å². The summed E-state index contributed by atoms with van der Waals surface area (Å²) in [6.07, 6.45) is 0. The molecule has 0 radical (unpaired) electrons. The van der Waals surface area contributed by atoms with E-state index in [-0.39, 0.29) is 11.7 Å². The quantitative estimate of drug-likeness (QED) is 0.626. The number of halogens is 2. The Balaban J connectivity index is 0.000000501. The van der Waals surface area contributed by atoms with Crippen LogP contribution < -0.4 is 4.74 Å². The monoisotopic (exact) mass is 496 g/mol. The number of rotatable bonds is 4. The highest BCUT2D eigenvalue weighted by molar-refractivity contribution is 9.10. The first-order chi connectivity index (χ1) is 14.7. The summed E-state index contributed by atoms with van der Waals surface area (Å²) in [6, 6.07) is 11.9. The van der Waals surface area contributed by atoms with Gasteiger partial charge in [-0.05, 0) is 51.8 Å². The zero-order valence-electron chi connectivity index (χ0n) is 16.8. The van der Waals surface area contributed by atoms with Gasteiger partial charge >= 0.3 is 11.9 Å². The number of amides is 1. The van der Waals surface area contributed by atoms with Crippen molar-refractivity contribution in [3.05, 3.63) is 63.9 Å². The van der Waals surface area contributed by atoms with Gasteiger partial charge in [-0.2, -0.15) is 0 Å². The number of carbonyl (C=O) groups excluding carboxylic acids is 1. The standard InChI is InChI=1S/C19H20BrFN2O2.C2H2O4/c1-25-18-6-5-14(11-17(18)20)13-22-7-9-23(10-8-22)19(24)15-3-2-4-16(21)12-15;3-1(4)2(5)6/h2-6,11-12H,7-10,13H2,1H3;(H,3,4)(H,5,6). The molecule has 1 amide bonds. The van der Waals surface area contributed by atoms with Gasteiger partial charge in [0.05, 0.1) is 11.6 Å². The number of carboxylic acids is 2. The van der Waals surface area contributed by atoms with Crippen LogP contribution in [0.25, 0.3) is 0 Å². The first-order valence-electron chi connectivity index (χ1n) is 9.27. The number of benzene rings is 2. The van der Waals surface area contributed by atoms with Crippen molar-refractivity contribution < 1.29 is 33.7 Å². The Morgan fingerprint density at radius 3 is 2.19 bits per heavy atom. The molecule has 0 bridgehead atoms. The molecule has 31 heavy (non-hydrogen) atoms. The average molecular weight is 497 g/mol. The summed E-state index contributed by atoms with van der Waals surface area (Å²) in [5, 5.41) is 14.8. The summed E-state index contributed by atoms with van der Waals surface area (Å²) < 4.78 is 19.5. The van der Waals surface area contributed by atoms with Gasteiger partial charge in [0.2, 0.25) is 0 Å². The lowest BCUT2D eigenvalue weighted by molar-refractivity contribution is -0.159. The predicted molar refractivity (Wildman–Crippen MR) is 114 cm³/mol. The minimum absolute atomic E-state index is 0.105. The van der Waals surface area contributed by atoms with Crippen molar-refractivity contribution in [3.8, 4) is 5.75 Å². The van der Waals surface area contributed by atoms with Crippen LogP contribution in [-0.4, -0.2) is 71.1 Å². The van der Waals surface area contributed by atoms with Crippen LogP contribution in [0.5, 0.6) is 5.75 Å². The molecule has 1 fully saturated rings. The van der Waals surface area contributed by atoms with E-state index in [4.69, 9.17) is 24.5 Å². The van der Waals surface area contributed by atoms with Crippen molar-refractivity contribution in [3.63, 3.8) is 0 Å². The summed E-state index contributed by atoms with van der Waals surface area (Å²) in [5.41, 5.74) is 1.60. The van der Waals surface area contributed by atoms with Crippen LogP contribution in [0.1, 0.15) is 15.9 Å². The highest BCUT2D eigenvalue weighted by Gasteiger charge is 2.22. The molecule has 0 spiro atoms. The molecule has 0 saturated carbocycles. The predicted octanol–water partition coefficient (Wildman–Crippen LogP) is 2.71. The molecule has 0 atom stereocenters. The first-order valence-corrected chi connectivity index (χ1v) is 10.1. The molecule has 1 saturated heterocycles. The molecule has 1 aliphatic heterocycles. The van der Waals surface area contributed by atoms with Crippen LogP contribution in [0, 0.1) is 5.82 Å². The fourth-order valence-corrected chi connectivity index (χ4v) is 3.57. The van der Waals surface area contributed by atoms with E-state index < -0.39 is 11.9 Å². The molecular weight excluding hydrogens is 475 g/mol. The summed E-state index contributed by atoms with van der Waals surface area (Å²) in [4.78, 5) is 34.7. The van der Waals surface area contributed by atoms with E-state index >= 15 is 0 Å². The summed E-state index contributed by atoms with van der Waals surface area (Å²) in [5.74, 6) is -3.32. The number of aliphatic carboxylic acids is 2. The summed E-state index contributed by atoms with van der Waals surface area (Å²) in [7, 11) is 1.65. The van der Waals surface area contributed by atoms with Crippen molar-refractivity contribution in [2.75, 3.05) is 33.3 Å². The molecule has 0 aliphatic carbocycles. The van der Waals surface area contributed by atoms with E-state index in [1.165, 1.54) is 17.7 Å². The van der Waals surface area contributed by atoms with Gasteiger partial charge in [0.15, 0.2) is 0 Å². The minimum atomic E-state index is -1.82. The Morgan fingerprint density at radius 1 is 1.03 bits per heavy atom. The fraction of sp³-hybridized carbons (Fsp3) is 0.286. The molecule has 2 N–H and O–H groups in total. The number of piperazine rings is 1. The zero-order valence-corrected chi connectivity index (χ0v) is 18.3. The third-order valence-corrected chi connectivity index (χ3v) is 5.16.